The fourth-order valence-corrected chi connectivity index (χ4v) is 2.68. The number of imide groups is 1. The number of carbonyl (C=O) groups excluding carboxylic acids is 2. The molecular weight excluding hydrogens is 226 g/mol. The van der Waals surface area contributed by atoms with Crippen molar-refractivity contribution in [2.45, 2.75) is 25.0 Å². The van der Waals surface area contributed by atoms with E-state index in [9.17, 15) is 18.0 Å². The Morgan fingerprint density at radius 1 is 1.53 bits per heavy atom. The van der Waals surface area contributed by atoms with Gasteiger partial charge >= 0.3 is 0 Å². The topological polar surface area (TPSA) is 112 Å². The molecular formula is C7H11NO6S. The maximum Gasteiger partial charge on any atom is 0.268 e. The SMILES string of the molecule is CCC(C1CC(=O)N(O)C1=O)S(=O)(=O)O. The molecule has 1 rings (SSSR count). The van der Waals surface area contributed by atoms with Gasteiger partial charge in [0.25, 0.3) is 21.9 Å². The Balaban J connectivity index is 2.99. The largest absolute Gasteiger partial charge is 0.285 e. The van der Waals surface area contributed by atoms with Crippen molar-refractivity contribution in [2.75, 3.05) is 0 Å². The molecule has 1 saturated heterocycles. The zero-order valence-corrected chi connectivity index (χ0v) is 8.77. The molecule has 0 bridgehead atoms. The summed E-state index contributed by atoms with van der Waals surface area (Å²) >= 11 is 0. The van der Waals surface area contributed by atoms with Crippen LogP contribution in [0.3, 0.4) is 0 Å². The summed E-state index contributed by atoms with van der Waals surface area (Å²) in [4.78, 5) is 22.2. The first-order chi connectivity index (χ1) is 6.79. The van der Waals surface area contributed by atoms with Crippen molar-refractivity contribution in [3.05, 3.63) is 0 Å². The van der Waals surface area contributed by atoms with Gasteiger partial charge < -0.3 is 0 Å². The van der Waals surface area contributed by atoms with E-state index in [-0.39, 0.29) is 11.5 Å². The van der Waals surface area contributed by atoms with Crippen molar-refractivity contribution in [1.82, 2.24) is 5.06 Å². The van der Waals surface area contributed by atoms with Crippen molar-refractivity contribution in [1.29, 1.82) is 0 Å². The van der Waals surface area contributed by atoms with Gasteiger partial charge in [-0.05, 0) is 6.42 Å². The molecule has 0 aromatic rings. The molecule has 0 radical (unpaired) electrons. The van der Waals surface area contributed by atoms with Crippen molar-refractivity contribution in [3.8, 4) is 0 Å². The highest BCUT2D eigenvalue weighted by molar-refractivity contribution is 7.86. The monoisotopic (exact) mass is 237 g/mol. The van der Waals surface area contributed by atoms with Crippen molar-refractivity contribution < 1.29 is 27.8 Å². The zero-order valence-electron chi connectivity index (χ0n) is 7.95. The minimum absolute atomic E-state index is 0.00361. The molecule has 0 saturated carbocycles. The molecule has 0 aliphatic carbocycles. The lowest BCUT2D eigenvalue weighted by Crippen LogP contribution is -2.35. The number of hydrogen-bond donors (Lipinski definition) is 2. The summed E-state index contributed by atoms with van der Waals surface area (Å²) in [7, 11) is -4.39. The summed E-state index contributed by atoms with van der Waals surface area (Å²) in [5.41, 5.74) is 0. The molecule has 15 heavy (non-hydrogen) atoms. The third-order valence-electron chi connectivity index (χ3n) is 2.39. The summed E-state index contributed by atoms with van der Waals surface area (Å²) in [6, 6.07) is 0. The predicted octanol–water partition coefficient (Wildman–Crippen LogP) is -0.583. The quantitative estimate of drug-likeness (QED) is 0.385. The summed E-state index contributed by atoms with van der Waals surface area (Å²) in [6.07, 6.45) is -0.399. The van der Waals surface area contributed by atoms with Crippen LogP contribution >= 0.6 is 0 Å². The Kier molecular flexibility index (Phi) is 3.12. The lowest BCUT2D eigenvalue weighted by Gasteiger charge is -2.15. The van der Waals surface area contributed by atoms with E-state index in [1.165, 1.54) is 6.92 Å². The van der Waals surface area contributed by atoms with Gasteiger partial charge in [-0.1, -0.05) is 6.92 Å². The van der Waals surface area contributed by atoms with E-state index in [4.69, 9.17) is 9.76 Å². The Hall–Kier alpha value is -0.990. The molecule has 1 aliphatic heterocycles. The molecule has 8 heteroatoms. The van der Waals surface area contributed by atoms with Gasteiger partial charge in [0.05, 0.1) is 11.2 Å². The van der Waals surface area contributed by atoms with Crippen LogP contribution in [0.1, 0.15) is 19.8 Å². The fourth-order valence-electron chi connectivity index (χ4n) is 1.64. The normalized spacial score (nSPS) is 24.7. The van der Waals surface area contributed by atoms with E-state index in [1.807, 2.05) is 0 Å². The van der Waals surface area contributed by atoms with E-state index in [2.05, 4.69) is 0 Å². The summed E-state index contributed by atoms with van der Waals surface area (Å²) < 4.78 is 30.6. The van der Waals surface area contributed by atoms with Crippen LogP contribution in [0.15, 0.2) is 0 Å². The average Bonchev–Trinajstić information content (AvgIpc) is 2.33. The Morgan fingerprint density at radius 2 is 2.07 bits per heavy atom. The summed E-state index contributed by atoms with van der Waals surface area (Å²) in [5.74, 6) is -3.03. The van der Waals surface area contributed by atoms with Crippen molar-refractivity contribution >= 4 is 21.9 Å². The molecule has 2 N–H and O–H groups in total. The van der Waals surface area contributed by atoms with E-state index < -0.39 is 39.5 Å². The van der Waals surface area contributed by atoms with E-state index in [1.54, 1.807) is 0 Å². The molecule has 1 heterocycles. The van der Waals surface area contributed by atoms with Crippen LogP contribution < -0.4 is 0 Å². The highest BCUT2D eigenvalue weighted by Gasteiger charge is 2.46. The fraction of sp³-hybridized carbons (Fsp3) is 0.714. The van der Waals surface area contributed by atoms with Crippen molar-refractivity contribution in [2.24, 2.45) is 5.92 Å². The molecule has 2 unspecified atom stereocenters. The minimum atomic E-state index is -4.39. The summed E-state index contributed by atoms with van der Waals surface area (Å²) in [6.45, 7) is 1.47. The third kappa shape index (κ3) is 2.16. The Morgan fingerprint density at radius 3 is 2.33 bits per heavy atom. The van der Waals surface area contributed by atoms with Crippen LogP contribution in [-0.4, -0.2) is 40.3 Å². The molecule has 0 spiro atoms. The molecule has 7 nitrogen and oxygen atoms in total. The lowest BCUT2D eigenvalue weighted by molar-refractivity contribution is -0.172. The minimum Gasteiger partial charge on any atom is -0.285 e. The molecule has 1 fully saturated rings. The zero-order chi connectivity index (χ0) is 11.8. The van der Waals surface area contributed by atoms with E-state index in [0.717, 1.165) is 0 Å². The van der Waals surface area contributed by atoms with E-state index in [0.29, 0.717) is 0 Å². The second kappa shape index (κ2) is 3.87. The first-order valence-corrected chi connectivity index (χ1v) is 5.81. The number of hydroxylamine groups is 2. The Labute approximate surface area is 86.4 Å². The molecule has 1 aliphatic rings. The molecule has 0 aromatic heterocycles. The molecule has 2 amide bonds. The maximum atomic E-state index is 11.2. The van der Waals surface area contributed by atoms with Gasteiger partial charge in [-0.3, -0.25) is 19.3 Å². The second-order valence-corrected chi connectivity index (χ2v) is 4.95. The number of rotatable bonds is 3. The standard InChI is InChI=1S/C7H11NO6S/c1-2-5(15(12,13)14)4-3-6(9)8(11)7(4)10/h4-5,11H,2-3H2,1H3,(H,12,13,14). The van der Waals surface area contributed by atoms with Crippen molar-refractivity contribution in [3.63, 3.8) is 0 Å². The van der Waals surface area contributed by atoms with Crippen LogP contribution in [0.25, 0.3) is 0 Å². The molecule has 86 valence electrons. The maximum absolute atomic E-state index is 11.2. The van der Waals surface area contributed by atoms with Gasteiger partial charge in [0.15, 0.2) is 0 Å². The van der Waals surface area contributed by atoms with Crippen LogP contribution in [-0.2, 0) is 19.7 Å². The van der Waals surface area contributed by atoms with Gasteiger partial charge in [0, 0.05) is 6.42 Å². The highest BCUT2D eigenvalue weighted by atomic mass is 32.2. The van der Waals surface area contributed by atoms with Gasteiger partial charge in [0.1, 0.15) is 0 Å². The number of hydrogen-bond acceptors (Lipinski definition) is 5. The molecule has 0 aromatic carbocycles. The summed E-state index contributed by atoms with van der Waals surface area (Å²) in [5, 5.41) is 7.46. The number of amides is 2. The first kappa shape index (κ1) is 12.1. The second-order valence-electron chi connectivity index (χ2n) is 3.32. The highest BCUT2D eigenvalue weighted by Crippen LogP contribution is 2.27. The Bertz CT molecular complexity index is 388. The van der Waals surface area contributed by atoms with Crippen LogP contribution in [0.5, 0.6) is 0 Å². The van der Waals surface area contributed by atoms with E-state index >= 15 is 0 Å². The molecule has 2 atom stereocenters. The number of carbonyl (C=O) groups is 2. The number of nitrogens with zero attached hydrogens (tertiary/aromatic N) is 1. The van der Waals surface area contributed by atoms with Crippen LogP contribution in [0.2, 0.25) is 0 Å². The van der Waals surface area contributed by atoms with Gasteiger partial charge in [0.2, 0.25) is 0 Å². The van der Waals surface area contributed by atoms with Gasteiger partial charge in [-0.2, -0.15) is 13.5 Å². The predicted molar refractivity (Wildman–Crippen MR) is 47.4 cm³/mol. The van der Waals surface area contributed by atoms with Crippen LogP contribution in [0, 0.1) is 5.92 Å². The smallest absolute Gasteiger partial charge is 0.268 e. The first-order valence-electron chi connectivity index (χ1n) is 4.31. The lowest BCUT2D eigenvalue weighted by atomic mass is 10.0. The van der Waals surface area contributed by atoms with Gasteiger partial charge in [-0.15, -0.1) is 0 Å². The van der Waals surface area contributed by atoms with Crippen LogP contribution in [0.4, 0.5) is 0 Å². The van der Waals surface area contributed by atoms with Gasteiger partial charge in [-0.25, -0.2) is 0 Å². The average molecular weight is 237 g/mol. The third-order valence-corrected chi connectivity index (χ3v) is 3.82.